The lowest BCUT2D eigenvalue weighted by Gasteiger charge is -2.17. The van der Waals surface area contributed by atoms with Crippen molar-refractivity contribution in [1.82, 2.24) is 9.88 Å². The molecular weight excluding hydrogens is 268 g/mol. The van der Waals surface area contributed by atoms with Gasteiger partial charge >= 0.3 is 5.97 Å². The van der Waals surface area contributed by atoms with Crippen molar-refractivity contribution in [2.24, 2.45) is 0 Å². The molecule has 0 N–H and O–H groups in total. The van der Waals surface area contributed by atoms with Crippen LogP contribution in [-0.2, 0) is 24.1 Å². The number of hydrogen-bond acceptors (Lipinski definition) is 5. The highest BCUT2D eigenvalue weighted by Gasteiger charge is 2.17. The average molecular weight is 286 g/mol. The van der Waals surface area contributed by atoms with Crippen LogP contribution in [0, 0.1) is 0 Å². The van der Waals surface area contributed by atoms with Crippen LogP contribution in [0.4, 0.5) is 0 Å². The van der Waals surface area contributed by atoms with Crippen molar-refractivity contribution < 1.29 is 13.9 Å². The first-order valence-electron chi connectivity index (χ1n) is 7.08. The zero-order chi connectivity index (χ0) is 14.7. The zero-order valence-corrected chi connectivity index (χ0v) is 12.0. The van der Waals surface area contributed by atoms with E-state index in [0.717, 1.165) is 25.9 Å². The molecule has 0 unspecified atom stereocenters. The van der Waals surface area contributed by atoms with Crippen LogP contribution in [0.25, 0.3) is 0 Å². The fraction of sp³-hybridized carbons (Fsp3) is 0.375. The zero-order valence-electron chi connectivity index (χ0n) is 12.0. The van der Waals surface area contributed by atoms with Crippen molar-refractivity contribution in [3.8, 4) is 0 Å². The number of oxazole rings is 1. The molecule has 0 saturated heterocycles. The van der Waals surface area contributed by atoms with Crippen molar-refractivity contribution in [3.05, 3.63) is 53.2 Å². The fourth-order valence-electron chi connectivity index (χ4n) is 2.65. The number of esters is 1. The average Bonchev–Trinajstić information content (AvgIpc) is 2.88. The Bertz CT molecular complexity index is 609. The highest BCUT2D eigenvalue weighted by atomic mass is 16.5. The number of rotatable bonds is 3. The van der Waals surface area contributed by atoms with Crippen LogP contribution in [0.15, 0.2) is 34.9 Å². The standard InChI is InChI=1S/C16H18N2O3/c1-20-16(19)14-11-21-15(17-14)10-18-8-6-12-4-2-3-5-13(12)7-9-18/h2-5,11H,6-10H2,1H3. The maximum Gasteiger partial charge on any atom is 0.360 e. The van der Waals surface area contributed by atoms with Crippen LogP contribution >= 0.6 is 0 Å². The van der Waals surface area contributed by atoms with Gasteiger partial charge in [-0.1, -0.05) is 24.3 Å². The molecule has 0 saturated carbocycles. The summed E-state index contributed by atoms with van der Waals surface area (Å²) in [5, 5.41) is 0. The number of nitrogens with zero attached hydrogens (tertiary/aromatic N) is 2. The fourth-order valence-corrected chi connectivity index (χ4v) is 2.65. The van der Waals surface area contributed by atoms with Crippen LogP contribution in [0.1, 0.15) is 27.5 Å². The molecule has 1 aromatic heterocycles. The summed E-state index contributed by atoms with van der Waals surface area (Å²) in [6, 6.07) is 8.56. The van der Waals surface area contributed by atoms with Crippen LogP contribution in [0.5, 0.6) is 0 Å². The van der Waals surface area contributed by atoms with Gasteiger partial charge in [-0.3, -0.25) is 4.90 Å². The van der Waals surface area contributed by atoms with Gasteiger partial charge in [0, 0.05) is 13.1 Å². The molecule has 5 nitrogen and oxygen atoms in total. The van der Waals surface area contributed by atoms with E-state index >= 15 is 0 Å². The van der Waals surface area contributed by atoms with Gasteiger partial charge in [-0.15, -0.1) is 0 Å². The summed E-state index contributed by atoms with van der Waals surface area (Å²) >= 11 is 0. The summed E-state index contributed by atoms with van der Waals surface area (Å²) in [7, 11) is 1.34. The molecule has 3 rings (SSSR count). The van der Waals surface area contributed by atoms with E-state index in [9.17, 15) is 4.79 Å². The first kappa shape index (κ1) is 13.8. The number of carbonyl (C=O) groups is 1. The summed E-state index contributed by atoms with van der Waals surface area (Å²) < 4.78 is 9.98. The van der Waals surface area contributed by atoms with Crippen molar-refractivity contribution in [3.63, 3.8) is 0 Å². The van der Waals surface area contributed by atoms with E-state index in [-0.39, 0.29) is 5.69 Å². The number of methoxy groups -OCH3 is 1. The van der Waals surface area contributed by atoms with Crippen molar-refractivity contribution in [2.45, 2.75) is 19.4 Å². The maximum absolute atomic E-state index is 11.4. The van der Waals surface area contributed by atoms with Crippen molar-refractivity contribution in [1.29, 1.82) is 0 Å². The minimum absolute atomic E-state index is 0.227. The quantitative estimate of drug-likeness (QED) is 0.808. The van der Waals surface area contributed by atoms with Crippen LogP contribution in [0.2, 0.25) is 0 Å². The van der Waals surface area contributed by atoms with E-state index in [2.05, 4.69) is 38.9 Å². The van der Waals surface area contributed by atoms with E-state index in [1.54, 1.807) is 0 Å². The Labute approximate surface area is 123 Å². The third-order valence-electron chi connectivity index (χ3n) is 3.82. The molecule has 0 aliphatic carbocycles. The molecule has 0 radical (unpaired) electrons. The molecule has 1 aliphatic heterocycles. The molecule has 0 amide bonds. The second kappa shape index (κ2) is 6.10. The maximum atomic E-state index is 11.4. The summed E-state index contributed by atoms with van der Waals surface area (Å²) in [6.45, 7) is 2.55. The van der Waals surface area contributed by atoms with E-state index < -0.39 is 5.97 Å². The predicted octanol–water partition coefficient (Wildman–Crippen LogP) is 2.06. The Balaban J connectivity index is 1.64. The van der Waals surface area contributed by atoms with Gasteiger partial charge in [0.15, 0.2) is 5.69 Å². The first-order valence-corrected chi connectivity index (χ1v) is 7.08. The monoisotopic (exact) mass is 286 g/mol. The van der Waals surface area contributed by atoms with Gasteiger partial charge in [0.25, 0.3) is 0 Å². The third-order valence-corrected chi connectivity index (χ3v) is 3.82. The minimum atomic E-state index is -0.465. The van der Waals surface area contributed by atoms with E-state index in [1.807, 2.05) is 0 Å². The predicted molar refractivity (Wildman–Crippen MR) is 77.0 cm³/mol. The molecule has 21 heavy (non-hydrogen) atoms. The lowest BCUT2D eigenvalue weighted by atomic mass is 10.0. The number of ether oxygens (including phenoxy) is 1. The number of carbonyl (C=O) groups excluding carboxylic acids is 1. The van der Waals surface area contributed by atoms with Gasteiger partial charge in [0.2, 0.25) is 5.89 Å². The molecule has 1 aromatic carbocycles. The molecule has 2 aromatic rings. The van der Waals surface area contributed by atoms with Crippen LogP contribution < -0.4 is 0 Å². The number of fused-ring (bicyclic) bond motifs is 1. The Kier molecular flexibility index (Phi) is 4.01. The minimum Gasteiger partial charge on any atom is -0.464 e. The van der Waals surface area contributed by atoms with Gasteiger partial charge in [0.1, 0.15) is 6.26 Å². The van der Waals surface area contributed by atoms with Gasteiger partial charge in [0.05, 0.1) is 13.7 Å². The third kappa shape index (κ3) is 3.13. The smallest absolute Gasteiger partial charge is 0.360 e. The van der Waals surface area contributed by atoms with Gasteiger partial charge in [-0.05, 0) is 24.0 Å². The van der Waals surface area contributed by atoms with Crippen LogP contribution in [-0.4, -0.2) is 36.1 Å². The molecule has 1 aliphatic rings. The molecule has 0 bridgehead atoms. The van der Waals surface area contributed by atoms with Gasteiger partial charge in [-0.2, -0.15) is 0 Å². The van der Waals surface area contributed by atoms with Crippen LogP contribution in [0.3, 0.4) is 0 Å². The lowest BCUT2D eigenvalue weighted by molar-refractivity contribution is 0.0594. The Morgan fingerprint density at radius 3 is 2.57 bits per heavy atom. The Morgan fingerprint density at radius 2 is 1.95 bits per heavy atom. The number of benzene rings is 1. The first-order chi connectivity index (χ1) is 10.3. The SMILES string of the molecule is COC(=O)c1coc(CN2CCc3ccccc3CC2)n1. The molecule has 0 atom stereocenters. The summed E-state index contributed by atoms with van der Waals surface area (Å²) in [4.78, 5) is 17.8. The highest BCUT2D eigenvalue weighted by molar-refractivity contribution is 5.86. The molecule has 0 spiro atoms. The normalized spacial score (nSPS) is 15.3. The van der Waals surface area contributed by atoms with Gasteiger partial charge < -0.3 is 9.15 Å². The summed E-state index contributed by atoms with van der Waals surface area (Å²) in [6.07, 6.45) is 3.41. The molecule has 2 heterocycles. The second-order valence-electron chi connectivity index (χ2n) is 5.16. The van der Waals surface area contributed by atoms with E-state index in [0.29, 0.717) is 12.4 Å². The van der Waals surface area contributed by atoms with E-state index in [4.69, 9.17) is 4.42 Å². The van der Waals surface area contributed by atoms with E-state index in [1.165, 1.54) is 24.5 Å². The summed E-state index contributed by atoms with van der Waals surface area (Å²) in [5.41, 5.74) is 3.07. The molecular formula is C16H18N2O3. The molecule has 5 heteroatoms. The lowest BCUT2D eigenvalue weighted by Crippen LogP contribution is -2.26. The van der Waals surface area contributed by atoms with Crippen molar-refractivity contribution in [2.75, 3.05) is 20.2 Å². The second-order valence-corrected chi connectivity index (χ2v) is 5.16. The Hall–Kier alpha value is -2.14. The Morgan fingerprint density at radius 1 is 1.29 bits per heavy atom. The summed E-state index contributed by atoms with van der Waals surface area (Å²) in [5.74, 6) is 0.0922. The number of aromatic nitrogens is 1. The largest absolute Gasteiger partial charge is 0.464 e. The highest BCUT2D eigenvalue weighted by Crippen LogP contribution is 2.17. The van der Waals surface area contributed by atoms with Crippen molar-refractivity contribution >= 4 is 5.97 Å². The topological polar surface area (TPSA) is 55.6 Å². The molecule has 110 valence electrons. The van der Waals surface area contributed by atoms with Gasteiger partial charge in [-0.25, -0.2) is 9.78 Å². The molecule has 0 fully saturated rings. The number of hydrogen-bond donors (Lipinski definition) is 0.